The van der Waals surface area contributed by atoms with E-state index in [4.69, 9.17) is 10.5 Å². The van der Waals surface area contributed by atoms with Gasteiger partial charge in [0.25, 0.3) is 5.69 Å². The lowest BCUT2D eigenvalue weighted by molar-refractivity contribution is -0.385. The molecule has 3 N–H and O–H groups in total. The predicted octanol–water partition coefficient (Wildman–Crippen LogP) is 2.26. The molecule has 0 radical (unpaired) electrons. The third-order valence-electron chi connectivity index (χ3n) is 2.49. The first-order chi connectivity index (χ1) is 9.64. The van der Waals surface area contributed by atoms with Crippen LogP contribution in [-0.2, 0) is 4.74 Å². The quantitative estimate of drug-likeness (QED) is 0.655. The highest BCUT2D eigenvalue weighted by atomic mass is 19.1. The first kappa shape index (κ1) is 16.8. The number of carbonyl (C=O) groups excluding carboxylic acids is 1. The molecule has 0 fully saturated rings. The van der Waals surface area contributed by atoms with Gasteiger partial charge in [0.1, 0.15) is 11.4 Å². The van der Waals surface area contributed by atoms with Crippen molar-refractivity contribution in [2.75, 3.05) is 6.54 Å². The van der Waals surface area contributed by atoms with E-state index < -0.39 is 28.5 Å². The number of amides is 1. The van der Waals surface area contributed by atoms with Gasteiger partial charge in [0.15, 0.2) is 0 Å². The largest absolute Gasteiger partial charge is 0.444 e. The molecule has 0 heterocycles. The number of nitrogens with one attached hydrogen (secondary N) is 1. The Hall–Kier alpha value is -2.22. The summed E-state index contributed by atoms with van der Waals surface area (Å²) in [5.74, 6) is -0.688. The number of nitrogens with zero attached hydrogens (tertiary/aromatic N) is 1. The number of halogens is 1. The average molecular weight is 299 g/mol. The van der Waals surface area contributed by atoms with E-state index in [1.165, 1.54) is 0 Å². The molecular weight excluding hydrogens is 281 g/mol. The fraction of sp³-hybridized carbons (Fsp3) is 0.462. The Morgan fingerprint density at radius 3 is 2.62 bits per heavy atom. The Bertz CT molecular complexity index is 543. The zero-order chi connectivity index (χ0) is 16.2. The van der Waals surface area contributed by atoms with E-state index in [1.54, 1.807) is 20.8 Å². The van der Waals surface area contributed by atoms with Gasteiger partial charge in [0, 0.05) is 24.2 Å². The molecule has 1 rings (SSSR count). The highest BCUT2D eigenvalue weighted by molar-refractivity contribution is 5.68. The van der Waals surface area contributed by atoms with E-state index in [0.717, 1.165) is 18.2 Å². The molecule has 8 heteroatoms. The van der Waals surface area contributed by atoms with Crippen molar-refractivity contribution in [2.45, 2.75) is 32.4 Å². The van der Waals surface area contributed by atoms with E-state index in [9.17, 15) is 19.3 Å². The number of carbonyl (C=O) groups is 1. The van der Waals surface area contributed by atoms with Crippen LogP contribution in [0.3, 0.4) is 0 Å². The van der Waals surface area contributed by atoms with Crippen LogP contribution in [-0.4, -0.2) is 23.2 Å². The fourth-order valence-electron chi connectivity index (χ4n) is 1.63. The summed E-state index contributed by atoms with van der Waals surface area (Å²) >= 11 is 0. The van der Waals surface area contributed by atoms with E-state index in [0.29, 0.717) is 0 Å². The summed E-state index contributed by atoms with van der Waals surface area (Å²) in [5.41, 5.74) is 4.45. The summed E-state index contributed by atoms with van der Waals surface area (Å²) in [6.45, 7) is 4.91. The van der Waals surface area contributed by atoms with Crippen molar-refractivity contribution in [3.63, 3.8) is 0 Å². The minimum absolute atomic E-state index is 0.0578. The third kappa shape index (κ3) is 4.99. The Morgan fingerprint density at radius 2 is 2.14 bits per heavy atom. The maximum absolute atomic E-state index is 13.8. The highest BCUT2D eigenvalue weighted by Crippen LogP contribution is 2.22. The monoisotopic (exact) mass is 299 g/mol. The van der Waals surface area contributed by atoms with Crippen LogP contribution >= 0.6 is 0 Å². The summed E-state index contributed by atoms with van der Waals surface area (Å²) in [7, 11) is 0. The van der Waals surface area contributed by atoms with Crippen molar-refractivity contribution in [1.82, 2.24) is 5.32 Å². The number of benzene rings is 1. The zero-order valence-electron chi connectivity index (χ0n) is 12.1. The van der Waals surface area contributed by atoms with Crippen molar-refractivity contribution in [2.24, 2.45) is 5.73 Å². The lowest BCUT2D eigenvalue weighted by Gasteiger charge is -2.23. The van der Waals surface area contributed by atoms with Gasteiger partial charge in [0.2, 0.25) is 0 Å². The van der Waals surface area contributed by atoms with Crippen molar-refractivity contribution in [3.05, 3.63) is 39.7 Å². The summed E-state index contributed by atoms with van der Waals surface area (Å²) in [6, 6.07) is 2.14. The second-order valence-electron chi connectivity index (χ2n) is 5.40. The molecule has 1 amide bonds. The van der Waals surface area contributed by atoms with E-state index >= 15 is 0 Å². The maximum atomic E-state index is 13.8. The summed E-state index contributed by atoms with van der Waals surface area (Å²) in [5, 5.41) is 13.1. The molecule has 0 bridgehead atoms. The number of alkyl carbamates (subject to hydrolysis) is 1. The van der Waals surface area contributed by atoms with Crippen LogP contribution in [0.2, 0.25) is 0 Å². The van der Waals surface area contributed by atoms with Crippen LogP contribution in [0.4, 0.5) is 14.9 Å². The molecule has 0 aromatic heterocycles. The molecule has 0 aliphatic carbocycles. The number of non-ortho nitro benzene ring substituents is 1. The van der Waals surface area contributed by atoms with Crippen molar-refractivity contribution < 1.29 is 18.8 Å². The Morgan fingerprint density at radius 1 is 1.52 bits per heavy atom. The van der Waals surface area contributed by atoms with Crippen LogP contribution in [0, 0.1) is 15.9 Å². The molecule has 0 spiro atoms. The SMILES string of the molecule is CC(C)(C)OC(=O)NC(CN)c1cc([N+](=O)[O-])ccc1F. The van der Waals surface area contributed by atoms with E-state index in [1.807, 2.05) is 0 Å². The van der Waals surface area contributed by atoms with Crippen LogP contribution < -0.4 is 11.1 Å². The summed E-state index contributed by atoms with van der Waals surface area (Å²) < 4.78 is 18.8. The summed E-state index contributed by atoms with van der Waals surface area (Å²) in [6.07, 6.45) is -0.774. The van der Waals surface area contributed by atoms with Crippen LogP contribution in [0.1, 0.15) is 32.4 Å². The molecule has 116 valence electrons. The minimum atomic E-state index is -0.917. The molecule has 1 aromatic rings. The lowest BCUT2D eigenvalue weighted by atomic mass is 10.1. The van der Waals surface area contributed by atoms with Gasteiger partial charge in [-0.1, -0.05) is 0 Å². The van der Waals surface area contributed by atoms with Crippen molar-refractivity contribution >= 4 is 11.8 Å². The first-order valence-corrected chi connectivity index (χ1v) is 6.27. The van der Waals surface area contributed by atoms with E-state index in [-0.39, 0.29) is 17.8 Å². The summed E-state index contributed by atoms with van der Waals surface area (Å²) in [4.78, 5) is 21.8. The highest BCUT2D eigenvalue weighted by Gasteiger charge is 2.23. The number of hydrogen-bond donors (Lipinski definition) is 2. The Balaban J connectivity index is 2.97. The van der Waals surface area contributed by atoms with Gasteiger partial charge >= 0.3 is 6.09 Å². The zero-order valence-corrected chi connectivity index (χ0v) is 12.1. The lowest BCUT2D eigenvalue weighted by Crippen LogP contribution is -2.38. The van der Waals surface area contributed by atoms with Gasteiger partial charge in [-0.25, -0.2) is 9.18 Å². The normalized spacial score (nSPS) is 12.6. The number of ether oxygens (including phenoxy) is 1. The average Bonchev–Trinajstić information content (AvgIpc) is 2.34. The molecule has 0 saturated carbocycles. The van der Waals surface area contributed by atoms with Crippen LogP contribution in [0.15, 0.2) is 18.2 Å². The van der Waals surface area contributed by atoms with Gasteiger partial charge in [-0.2, -0.15) is 0 Å². The predicted molar refractivity (Wildman–Crippen MR) is 74.2 cm³/mol. The molecule has 0 aliphatic heterocycles. The number of hydrogen-bond acceptors (Lipinski definition) is 5. The van der Waals surface area contributed by atoms with Gasteiger partial charge in [0.05, 0.1) is 11.0 Å². The van der Waals surface area contributed by atoms with Crippen molar-refractivity contribution in [1.29, 1.82) is 0 Å². The van der Waals surface area contributed by atoms with Gasteiger partial charge in [-0.15, -0.1) is 0 Å². The minimum Gasteiger partial charge on any atom is -0.444 e. The van der Waals surface area contributed by atoms with Crippen molar-refractivity contribution in [3.8, 4) is 0 Å². The number of rotatable bonds is 4. The smallest absolute Gasteiger partial charge is 0.408 e. The Kier molecular flexibility index (Phi) is 5.20. The van der Waals surface area contributed by atoms with Gasteiger partial charge in [-0.3, -0.25) is 10.1 Å². The van der Waals surface area contributed by atoms with E-state index in [2.05, 4.69) is 5.32 Å². The Labute approximate surface area is 121 Å². The molecule has 1 aromatic carbocycles. The molecule has 0 aliphatic rings. The number of nitro benzene ring substituents is 1. The molecule has 21 heavy (non-hydrogen) atoms. The van der Waals surface area contributed by atoms with Gasteiger partial charge in [-0.05, 0) is 26.8 Å². The molecule has 0 saturated heterocycles. The molecular formula is C13H18FN3O4. The molecule has 7 nitrogen and oxygen atoms in total. The second kappa shape index (κ2) is 6.49. The first-order valence-electron chi connectivity index (χ1n) is 6.27. The number of nitrogens with two attached hydrogens (primary N) is 1. The standard InChI is InChI=1S/C13H18FN3O4/c1-13(2,3)21-12(18)16-11(7-15)9-6-8(17(19)20)4-5-10(9)14/h4-6,11H,7,15H2,1-3H3,(H,16,18). The van der Waals surface area contributed by atoms with Gasteiger partial charge < -0.3 is 15.8 Å². The van der Waals surface area contributed by atoms with Crippen LogP contribution in [0.5, 0.6) is 0 Å². The number of nitro groups is 1. The topological polar surface area (TPSA) is 107 Å². The second-order valence-corrected chi connectivity index (χ2v) is 5.40. The fourth-order valence-corrected chi connectivity index (χ4v) is 1.63. The maximum Gasteiger partial charge on any atom is 0.408 e. The molecule has 1 atom stereocenters. The van der Waals surface area contributed by atoms with Crippen LogP contribution in [0.25, 0.3) is 0 Å². The molecule has 1 unspecified atom stereocenters. The third-order valence-corrected chi connectivity index (χ3v) is 2.49.